The first-order valence-electron chi connectivity index (χ1n) is 7.83. The van der Waals surface area contributed by atoms with Crippen molar-refractivity contribution in [1.82, 2.24) is 5.32 Å². The van der Waals surface area contributed by atoms with E-state index in [2.05, 4.69) is 64.2 Å². The van der Waals surface area contributed by atoms with Crippen LogP contribution in [0, 0.1) is 5.41 Å². The SMILES string of the molecule is CC(C)N[C@H]1C[C@@H](Oc2ccc(CC(C)(C)C)cc2)C1. The van der Waals surface area contributed by atoms with E-state index in [0.717, 1.165) is 25.0 Å². The highest BCUT2D eigenvalue weighted by atomic mass is 16.5. The van der Waals surface area contributed by atoms with Crippen LogP contribution < -0.4 is 10.1 Å². The Hall–Kier alpha value is -1.02. The highest BCUT2D eigenvalue weighted by Gasteiger charge is 2.30. The molecule has 1 fully saturated rings. The van der Waals surface area contributed by atoms with Crippen molar-refractivity contribution in [2.45, 2.75) is 72.1 Å². The summed E-state index contributed by atoms with van der Waals surface area (Å²) < 4.78 is 6.01. The minimum absolute atomic E-state index is 0.339. The Labute approximate surface area is 123 Å². The fourth-order valence-corrected chi connectivity index (χ4v) is 2.76. The molecule has 0 aliphatic heterocycles. The van der Waals surface area contributed by atoms with Gasteiger partial charge in [-0.3, -0.25) is 0 Å². The van der Waals surface area contributed by atoms with E-state index in [1.54, 1.807) is 0 Å². The lowest BCUT2D eigenvalue weighted by atomic mass is 9.88. The Bertz CT molecular complexity index is 410. The van der Waals surface area contributed by atoms with Crippen molar-refractivity contribution >= 4 is 0 Å². The van der Waals surface area contributed by atoms with E-state index >= 15 is 0 Å². The zero-order chi connectivity index (χ0) is 14.8. The molecule has 0 bridgehead atoms. The molecule has 0 aromatic heterocycles. The van der Waals surface area contributed by atoms with Crippen molar-refractivity contribution in [2.24, 2.45) is 5.41 Å². The number of benzene rings is 1. The molecule has 0 spiro atoms. The van der Waals surface area contributed by atoms with E-state index in [9.17, 15) is 0 Å². The van der Waals surface area contributed by atoms with Gasteiger partial charge in [-0.15, -0.1) is 0 Å². The highest BCUT2D eigenvalue weighted by molar-refractivity contribution is 5.28. The standard InChI is InChI=1S/C18H29NO/c1-13(2)19-15-10-17(11-15)20-16-8-6-14(7-9-16)12-18(3,4)5/h6-9,13,15,17,19H,10-12H2,1-5H3/t15-,17+. The minimum atomic E-state index is 0.339. The maximum atomic E-state index is 6.01. The van der Waals surface area contributed by atoms with Crippen LogP contribution >= 0.6 is 0 Å². The second kappa shape index (κ2) is 6.17. The Kier molecular flexibility index (Phi) is 4.74. The summed E-state index contributed by atoms with van der Waals surface area (Å²) in [7, 11) is 0. The monoisotopic (exact) mass is 275 g/mol. The predicted molar refractivity (Wildman–Crippen MR) is 85.3 cm³/mol. The Morgan fingerprint density at radius 2 is 1.75 bits per heavy atom. The number of ether oxygens (including phenoxy) is 1. The average Bonchev–Trinajstić information content (AvgIpc) is 2.26. The lowest BCUT2D eigenvalue weighted by Gasteiger charge is -2.37. The first kappa shape index (κ1) is 15.4. The lowest BCUT2D eigenvalue weighted by Crippen LogP contribution is -2.49. The molecule has 2 nitrogen and oxygen atoms in total. The molecular weight excluding hydrogens is 246 g/mol. The molecule has 0 unspecified atom stereocenters. The first-order chi connectivity index (χ1) is 9.32. The summed E-state index contributed by atoms with van der Waals surface area (Å²) in [5, 5.41) is 3.55. The molecule has 0 radical (unpaired) electrons. The summed E-state index contributed by atoms with van der Waals surface area (Å²) in [5.41, 5.74) is 1.73. The van der Waals surface area contributed by atoms with Crippen LogP contribution in [0.15, 0.2) is 24.3 Å². The lowest BCUT2D eigenvalue weighted by molar-refractivity contribution is 0.0815. The van der Waals surface area contributed by atoms with Crippen LogP contribution in [0.2, 0.25) is 0 Å². The zero-order valence-corrected chi connectivity index (χ0v) is 13.6. The van der Waals surface area contributed by atoms with Crippen LogP contribution in [0.4, 0.5) is 0 Å². The second-order valence-electron chi connectivity index (χ2n) is 7.61. The molecule has 1 aromatic rings. The third-order valence-corrected chi connectivity index (χ3v) is 3.62. The fraction of sp³-hybridized carbons (Fsp3) is 0.667. The molecule has 0 saturated heterocycles. The molecule has 1 N–H and O–H groups in total. The third kappa shape index (κ3) is 4.82. The third-order valence-electron chi connectivity index (χ3n) is 3.62. The van der Waals surface area contributed by atoms with Gasteiger partial charge >= 0.3 is 0 Å². The average molecular weight is 275 g/mol. The minimum Gasteiger partial charge on any atom is -0.490 e. The van der Waals surface area contributed by atoms with Gasteiger partial charge in [-0.25, -0.2) is 0 Å². The van der Waals surface area contributed by atoms with Crippen molar-refractivity contribution < 1.29 is 4.74 Å². The molecule has 1 saturated carbocycles. The number of nitrogens with one attached hydrogen (secondary N) is 1. The van der Waals surface area contributed by atoms with Gasteiger partial charge in [0.15, 0.2) is 0 Å². The van der Waals surface area contributed by atoms with Gasteiger partial charge < -0.3 is 10.1 Å². The molecule has 1 aliphatic carbocycles. The molecular formula is C18H29NO. The van der Waals surface area contributed by atoms with Crippen molar-refractivity contribution in [1.29, 1.82) is 0 Å². The van der Waals surface area contributed by atoms with Gasteiger partial charge in [0, 0.05) is 12.1 Å². The molecule has 20 heavy (non-hydrogen) atoms. The van der Waals surface area contributed by atoms with Gasteiger partial charge in [-0.2, -0.15) is 0 Å². The molecule has 1 aliphatic rings. The summed E-state index contributed by atoms with van der Waals surface area (Å²) >= 11 is 0. The van der Waals surface area contributed by atoms with Crippen molar-refractivity contribution in [3.63, 3.8) is 0 Å². The summed E-state index contributed by atoms with van der Waals surface area (Å²) in [6, 6.07) is 9.83. The second-order valence-corrected chi connectivity index (χ2v) is 7.61. The number of rotatable bonds is 5. The maximum Gasteiger partial charge on any atom is 0.119 e. The maximum absolute atomic E-state index is 6.01. The van der Waals surface area contributed by atoms with Crippen LogP contribution in [0.25, 0.3) is 0 Å². The number of hydrogen-bond acceptors (Lipinski definition) is 2. The van der Waals surface area contributed by atoms with E-state index in [1.807, 2.05) is 0 Å². The fourth-order valence-electron chi connectivity index (χ4n) is 2.76. The van der Waals surface area contributed by atoms with Crippen molar-refractivity contribution in [3.8, 4) is 5.75 Å². The normalized spacial score (nSPS) is 22.7. The van der Waals surface area contributed by atoms with Crippen LogP contribution in [-0.4, -0.2) is 18.2 Å². The van der Waals surface area contributed by atoms with E-state index in [4.69, 9.17) is 4.74 Å². The van der Waals surface area contributed by atoms with E-state index in [0.29, 0.717) is 23.6 Å². The van der Waals surface area contributed by atoms with Gasteiger partial charge in [-0.05, 0) is 42.4 Å². The van der Waals surface area contributed by atoms with Gasteiger partial charge in [0.2, 0.25) is 0 Å². The molecule has 2 heteroatoms. The van der Waals surface area contributed by atoms with E-state index in [1.165, 1.54) is 5.56 Å². The largest absolute Gasteiger partial charge is 0.490 e. The van der Waals surface area contributed by atoms with Crippen molar-refractivity contribution in [2.75, 3.05) is 0 Å². The predicted octanol–water partition coefficient (Wildman–Crippen LogP) is 4.18. The molecule has 2 rings (SSSR count). The van der Waals surface area contributed by atoms with Gasteiger partial charge in [0.05, 0.1) is 0 Å². The molecule has 0 amide bonds. The Balaban J connectivity index is 1.78. The highest BCUT2D eigenvalue weighted by Crippen LogP contribution is 2.27. The van der Waals surface area contributed by atoms with E-state index in [-0.39, 0.29) is 0 Å². The van der Waals surface area contributed by atoms with Crippen LogP contribution in [-0.2, 0) is 6.42 Å². The Morgan fingerprint density at radius 1 is 1.15 bits per heavy atom. The summed E-state index contributed by atoms with van der Waals surface area (Å²) in [6.07, 6.45) is 3.75. The first-order valence-corrected chi connectivity index (χ1v) is 7.83. The quantitative estimate of drug-likeness (QED) is 0.870. The van der Waals surface area contributed by atoms with Gasteiger partial charge in [0.25, 0.3) is 0 Å². The van der Waals surface area contributed by atoms with Gasteiger partial charge in [0.1, 0.15) is 11.9 Å². The molecule has 1 aromatic carbocycles. The summed E-state index contributed by atoms with van der Waals surface area (Å²) in [4.78, 5) is 0. The molecule has 0 atom stereocenters. The van der Waals surface area contributed by atoms with Crippen LogP contribution in [0.5, 0.6) is 5.75 Å². The Morgan fingerprint density at radius 3 is 2.25 bits per heavy atom. The molecule has 0 heterocycles. The van der Waals surface area contributed by atoms with Gasteiger partial charge in [-0.1, -0.05) is 46.8 Å². The van der Waals surface area contributed by atoms with E-state index < -0.39 is 0 Å². The summed E-state index contributed by atoms with van der Waals surface area (Å²) in [6.45, 7) is 11.2. The van der Waals surface area contributed by atoms with Crippen LogP contribution in [0.1, 0.15) is 53.0 Å². The zero-order valence-electron chi connectivity index (χ0n) is 13.6. The summed E-state index contributed by atoms with van der Waals surface area (Å²) in [5.74, 6) is 1.01. The topological polar surface area (TPSA) is 21.3 Å². The number of hydrogen-bond donors (Lipinski definition) is 1. The van der Waals surface area contributed by atoms with Crippen molar-refractivity contribution in [3.05, 3.63) is 29.8 Å². The molecule has 112 valence electrons. The smallest absolute Gasteiger partial charge is 0.119 e. The van der Waals surface area contributed by atoms with Crippen LogP contribution in [0.3, 0.4) is 0 Å².